The fourth-order valence-corrected chi connectivity index (χ4v) is 1.86. The average molecular weight is 262 g/mol. The van der Waals surface area contributed by atoms with E-state index in [1.165, 1.54) is 21.0 Å². The lowest BCUT2D eigenvalue weighted by molar-refractivity contribution is -0.258. The highest BCUT2D eigenvalue weighted by Crippen LogP contribution is 2.25. The van der Waals surface area contributed by atoms with Gasteiger partial charge in [0, 0.05) is 27.4 Å². The van der Waals surface area contributed by atoms with Gasteiger partial charge in [0.1, 0.15) is 12.2 Å². The number of aliphatic hydroxyl groups is 1. The number of ether oxygens (including phenoxy) is 4. The minimum absolute atomic E-state index is 0.241. The van der Waals surface area contributed by atoms with Crippen molar-refractivity contribution in [3.8, 4) is 0 Å². The van der Waals surface area contributed by atoms with Gasteiger partial charge in [-0.25, -0.2) is 0 Å². The Morgan fingerprint density at radius 1 is 1.28 bits per heavy atom. The van der Waals surface area contributed by atoms with Gasteiger partial charge >= 0.3 is 11.9 Å². The average Bonchev–Trinajstić information content (AvgIpc) is 2.29. The zero-order valence-corrected chi connectivity index (χ0v) is 10.6. The van der Waals surface area contributed by atoms with E-state index in [0.29, 0.717) is 0 Å². The third-order valence-corrected chi connectivity index (χ3v) is 2.55. The Bertz CT molecular complexity index is 304. The van der Waals surface area contributed by atoms with Crippen LogP contribution in [0.1, 0.15) is 20.3 Å². The molecule has 1 aliphatic heterocycles. The molecule has 0 bridgehead atoms. The number of aliphatic hydroxyl groups excluding tert-OH is 1. The van der Waals surface area contributed by atoms with Crippen molar-refractivity contribution >= 4 is 11.9 Å². The molecule has 4 atom stereocenters. The summed E-state index contributed by atoms with van der Waals surface area (Å²) in [5, 5.41) is 9.23. The summed E-state index contributed by atoms with van der Waals surface area (Å²) in [5.41, 5.74) is 0. The summed E-state index contributed by atoms with van der Waals surface area (Å²) in [6.07, 6.45) is -2.68. The highest BCUT2D eigenvalue weighted by Gasteiger charge is 2.42. The van der Waals surface area contributed by atoms with E-state index in [1.54, 1.807) is 0 Å². The number of hydrogen-bond donors (Lipinski definition) is 1. The normalized spacial score (nSPS) is 31.8. The van der Waals surface area contributed by atoms with Gasteiger partial charge in [-0.2, -0.15) is 0 Å². The molecule has 0 amide bonds. The maximum atomic E-state index is 11.0. The summed E-state index contributed by atoms with van der Waals surface area (Å²) in [7, 11) is 1.44. The van der Waals surface area contributed by atoms with Crippen molar-refractivity contribution in [1.29, 1.82) is 0 Å². The van der Waals surface area contributed by atoms with Crippen molar-refractivity contribution in [1.82, 2.24) is 0 Å². The molecule has 0 aliphatic carbocycles. The molecule has 7 nitrogen and oxygen atoms in total. The van der Waals surface area contributed by atoms with Crippen molar-refractivity contribution in [2.75, 3.05) is 13.7 Å². The molecule has 0 radical (unpaired) electrons. The number of esters is 2. The summed E-state index contributed by atoms with van der Waals surface area (Å²) in [4.78, 5) is 22.1. The number of hydrogen-bond acceptors (Lipinski definition) is 7. The molecule has 1 heterocycles. The first kappa shape index (κ1) is 14.9. The molecule has 104 valence electrons. The molecule has 0 saturated carbocycles. The summed E-state index contributed by atoms with van der Waals surface area (Å²) >= 11 is 0. The summed E-state index contributed by atoms with van der Waals surface area (Å²) in [6.45, 7) is 2.13. The zero-order chi connectivity index (χ0) is 13.7. The Labute approximate surface area is 105 Å². The molecule has 0 spiro atoms. The molecular weight excluding hydrogens is 244 g/mol. The van der Waals surface area contributed by atoms with Crippen LogP contribution in [0.5, 0.6) is 0 Å². The fraction of sp³-hybridized carbons (Fsp3) is 0.818. The van der Waals surface area contributed by atoms with Crippen LogP contribution in [0.25, 0.3) is 0 Å². The molecule has 1 fully saturated rings. The first-order valence-electron chi connectivity index (χ1n) is 5.61. The maximum absolute atomic E-state index is 11.0. The van der Waals surface area contributed by atoms with E-state index < -0.39 is 36.5 Å². The van der Waals surface area contributed by atoms with Gasteiger partial charge in [0.05, 0.1) is 6.61 Å². The number of methoxy groups -OCH3 is 1. The van der Waals surface area contributed by atoms with Gasteiger partial charge in [-0.3, -0.25) is 9.59 Å². The third kappa shape index (κ3) is 3.94. The van der Waals surface area contributed by atoms with Crippen LogP contribution in [0.15, 0.2) is 0 Å². The standard InChI is InChI=1S/C11H18O7/c1-6(13)16-8-4-10(15-3)18-9(5-12)11(8)17-7(2)14/h8-12H,4-5H2,1-3H3/t8-,9-,10+,11-/m0/s1. The minimum Gasteiger partial charge on any atom is -0.458 e. The van der Waals surface area contributed by atoms with Crippen molar-refractivity contribution < 1.29 is 33.6 Å². The molecule has 0 aromatic carbocycles. The maximum Gasteiger partial charge on any atom is 0.303 e. The molecule has 1 rings (SSSR count). The molecule has 18 heavy (non-hydrogen) atoms. The van der Waals surface area contributed by atoms with E-state index >= 15 is 0 Å². The van der Waals surface area contributed by atoms with Crippen LogP contribution in [-0.2, 0) is 28.5 Å². The lowest BCUT2D eigenvalue weighted by atomic mass is 10.0. The van der Waals surface area contributed by atoms with E-state index in [-0.39, 0.29) is 13.0 Å². The Hall–Kier alpha value is -1.18. The number of rotatable bonds is 4. The Morgan fingerprint density at radius 2 is 1.89 bits per heavy atom. The molecular formula is C11H18O7. The zero-order valence-electron chi connectivity index (χ0n) is 10.6. The first-order valence-corrected chi connectivity index (χ1v) is 5.61. The molecule has 0 aromatic rings. The quantitative estimate of drug-likeness (QED) is 0.689. The van der Waals surface area contributed by atoms with Gasteiger partial charge in [0.15, 0.2) is 12.4 Å². The van der Waals surface area contributed by atoms with Gasteiger partial charge in [-0.1, -0.05) is 0 Å². The second kappa shape index (κ2) is 6.67. The predicted molar refractivity (Wildman–Crippen MR) is 58.5 cm³/mol. The molecule has 1 aliphatic rings. The summed E-state index contributed by atoms with van der Waals surface area (Å²) < 4.78 is 20.5. The molecule has 0 aromatic heterocycles. The third-order valence-electron chi connectivity index (χ3n) is 2.55. The van der Waals surface area contributed by atoms with Crippen molar-refractivity contribution in [3.05, 3.63) is 0 Å². The highest BCUT2D eigenvalue weighted by molar-refractivity contribution is 5.67. The second-order valence-corrected chi connectivity index (χ2v) is 3.98. The van der Waals surface area contributed by atoms with E-state index in [0.717, 1.165) is 0 Å². The summed E-state index contributed by atoms with van der Waals surface area (Å²) in [6, 6.07) is 0. The van der Waals surface area contributed by atoms with E-state index in [1.807, 2.05) is 0 Å². The van der Waals surface area contributed by atoms with Gasteiger partial charge in [0.2, 0.25) is 0 Å². The van der Waals surface area contributed by atoms with Crippen LogP contribution >= 0.6 is 0 Å². The lowest BCUT2D eigenvalue weighted by Gasteiger charge is -2.39. The van der Waals surface area contributed by atoms with Crippen molar-refractivity contribution in [2.45, 2.75) is 44.9 Å². The monoisotopic (exact) mass is 262 g/mol. The topological polar surface area (TPSA) is 91.3 Å². The Kier molecular flexibility index (Phi) is 5.52. The van der Waals surface area contributed by atoms with Crippen LogP contribution in [0, 0.1) is 0 Å². The van der Waals surface area contributed by atoms with E-state index in [9.17, 15) is 14.7 Å². The second-order valence-electron chi connectivity index (χ2n) is 3.98. The molecule has 7 heteroatoms. The van der Waals surface area contributed by atoms with Crippen LogP contribution in [0.3, 0.4) is 0 Å². The smallest absolute Gasteiger partial charge is 0.303 e. The minimum atomic E-state index is -0.831. The van der Waals surface area contributed by atoms with E-state index in [2.05, 4.69) is 0 Å². The van der Waals surface area contributed by atoms with Crippen LogP contribution in [0.4, 0.5) is 0 Å². The number of carbonyl (C=O) groups excluding carboxylic acids is 2. The van der Waals surface area contributed by atoms with Crippen LogP contribution < -0.4 is 0 Å². The predicted octanol–water partition coefficient (Wildman–Crippen LogP) is -0.397. The number of carbonyl (C=O) groups is 2. The Morgan fingerprint density at radius 3 is 2.33 bits per heavy atom. The Balaban J connectivity index is 2.82. The molecule has 1 saturated heterocycles. The van der Waals surface area contributed by atoms with Crippen LogP contribution in [-0.4, -0.2) is 55.4 Å². The molecule has 0 unspecified atom stereocenters. The van der Waals surface area contributed by atoms with Gasteiger partial charge in [0.25, 0.3) is 0 Å². The first-order chi connectivity index (χ1) is 8.47. The van der Waals surface area contributed by atoms with Crippen molar-refractivity contribution in [2.24, 2.45) is 0 Å². The van der Waals surface area contributed by atoms with Crippen LogP contribution in [0.2, 0.25) is 0 Å². The lowest BCUT2D eigenvalue weighted by Crippen LogP contribution is -2.53. The molecule has 1 N–H and O–H groups in total. The van der Waals surface area contributed by atoms with Gasteiger partial charge in [-0.15, -0.1) is 0 Å². The fourth-order valence-electron chi connectivity index (χ4n) is 1.86. The van der Waals surface area contributed by atoms with Gasteiger partial charge < -0.3 is 24.1 Å². The van der Waals surface area contributed by atoms with Gasteiger partial charge in [-0.05, 0) is 0 Å². The highest BCUT2D eigenvalue weighted by atomic mass is 16.7. The summed E-state index contributed by atoms with van der Waals surface area (Å²) in [5.74, 6) is -1.03. The SMILES string of the molecule is CO[C@H]1C[C@H](OC(C)=O)[C@H](OC(C)=O)[C@H](CO)O1. The largest absolute Gasteiger partial charge is 0.458 e. The van der Waals surface area contributed by atoms with E-state index in [4.69, 9.17) is 18.9 Å². The van der Waals surface area contributed by atoms with Crippen molar-refractivity contribution in [3.63, 3.8) is 0 Å².